The third-order valence-electron chi connectivity index (χ3n) is 3.89. The van der Waals surface area contributed by atoms with Gasteiger partial charge in [0, 0.05) is 16.5 Å². The van der Waals surface area contributed by atoms with E-state index < -0.39 is 4.92 Å². The SMILES string of the molecule is CCc1c(-c2ccc(F)cc2)oc2cc([N+](=O)[O-])c(OC(C)C)cc12. The van der Waals surface area contributed by atoms with Crippen LogP contribution in [-0.4, -0.2) is 11.0 Å². The quantitative estimate of drug-likeness (QED) is 0.453. The van der Waals surface area contributed by atoms with Crippen LogP contribution < -0.4 is 4.74 Å². The number of rotatable bonds is 5. The Morgan fingerprint density at radius 3 is 2.48 bits per heavy atom. The van der Waals surface area contributed by atoms with Crippen LogP contribution in [-0.2, 0) is 6.42 Å². The standard InChI is InChI=1S/C19H18FNO4/c1-4-14-15-9-18(24-11(2)3)16(21(22)23)10-17(15)25-19(14)12-5-7-13(20)8-6-12/h5-11H,4H2,1-3H3. The minimum absolute atomic E-state index is 0.136. The first-order valence-corrected chi connectivity index (χ1v) is 8.07. The predicted molar refractivity (Wildman–Crippen MR) is 93.4 cm³/mol. The van der Waals surface area contributed by atoms with Crippen molar-refractivity contribution in [2.24, 2.45) is 0 Å². The number of furan rings is 1. The summed E-state index contributed by atoms with van der Waals surface area (Å²) in [5, 5.41) is 12.1. The number of hydrogen-bond acceptors (Lipinski definition) is 4. The number of benzene rings is 2. The molecule has 0 unspecified atom stereocenters. The molecule has 0 aliphatic carbocycles. The molecule has 0 fully saturated rings. The molecule has 0 bridgehead atoms. The van der Waals surface area contributed by atoms with Crippen molar-refractivity contribution in [1.82, 2.24) is 0 Å². The molecule has 130 valence electrons. The van der Waals surface area contributed by atoms with E-state index in [1.807, 2.05) is 20.8 Å². The number of halogens is 1. The molecule has 0 aliphatic heterocycles. The molecule has 0 saturated carbocycles. The summed E-state index contributed by atoms with van der Waals surface area (Å²) >= 11 is 0. The first-order chi connectivity index (χ1) is 11.9. The van der Waals surface area contributed by atoms with Crippen LogP contribution in [0.1, 0.15) is 26.3 Å². The molecule has 0 N–H and O–H groups in total. The van der Waals surface area contributed by atoms with Crippen molar-refractivity contribution >= 4 is 16.7 Å². The van der Waals surface area contributed by atoms with Crippen molar-refractivity contribution in [2.75, 3.05) is 0 Å². The van der Waals surface area contributed by atoms with Crippen LogP contribution in [0.25, 0.3) is 22.3 Å². The molecule has 1 heterocycles. The second-order valence-corrected chi connectivity index (χ2v) is 6.01. The summed E-state index contributed by atoms with van der Waals surface area (Å²) in [6.45, 7) is 5.60. The maximum absolute atomic E-state index is 13.2. The van der Waals surface area contributed by atoms with Gasteiger partial charge in [-0.25, -0.2) is 4.39 Å². The number of hydrogen-bond donors (Lipinski definition) is 0. The number of nitro benzene ring substituents is 1. The Bertz CT molecular complexity index is 929. The smallest absolute Gasteiger partial charge is 0.314 e. The van der Waals surface area contributed by atoms with Crippen molar-refractivity contribution in [2.45, 2.75) is 33.3 Å². The molecule has 5 nitrogen and oxygen atoms in total. The monoisotopic (exact) mass is 343 g/mol. The van der Waals surface area contributed by atoms with Gasteiger partial charge in [0.1, 0.15) is 17.2 Å². The van der Waals surface area contributed by atoms with Gasteiger partial charge in [0.2, 0.25) is 0 Å². The molecule has 0 atom stereocenters. The lowest BCUT2D eigenvalue weighted by molar-refractivity contribution is -0.385. The zero-order valence-corrected chi connectivity index (χ0v) is 14.2. The summed E-state index contributed by atoms with van der Waals surface area (Å²) in [6.07, 6.45) is 0.475. The highest BCUT2D eigenvalue weighted by Gasteiger charge is 2.23. The Labute approximate surface area is 144 Å². The van der Waals surface area contributed by atoms with E-state index in [2.05, 4.69) is 0 Å². The van der Waals surface area contributed by atoms with E-state index in [-0.39, 0.29) is 23.4 Å². The van der Waals surface area contributed by atoms with Gasteiger partial charge in [0.25, 0.3) is 0 Å². The summed E-state index contributed by atoms with van der Waals surface area (Å²) in [5.74, 6) is 0.475. The van der Waals surface area contributed by atoms with Gasteiger partial charge >= 0.3 is 5.69 Å². The number of aryl methyl sites for hydroxylation is 1. The molecule has 6 heteroatoms. The van der Waals surface area contributed by atoms with Crippen LogP contribution in [0.4, 0.5) is 10.1 Å². The Morgan fingerprint density at radius 1 is 1.24 bits per heavy atom. The minimum atomic E-state index is -0.483. The van der Waals surface area contributed by atoms with Crippen LogP contribution >= 0.6 is 0 Å². The fraction of sp³-hybridized carbons (Fsp3) is 0.263. The molecule has 0 spiro atoms. The van der Waals surface area contributed by atoms with Crippen molar-refractivity contribution in [3.8, 4) is 17.1 Å². The van der Waals surface area contributed by atoms with Gasteiger partial charge in [-0.2, -0.15) is 0 Å². The molecule has 3 rings (SSSR count). The van der Waals surface area contributed by atoms with Gasteiger partial charge in [-0.05, 0) is 50.6 Å². The van der Waals surface area contributed by atoms with Crippen molar-refractivity contribution in [1.29, 1.82) is 0 Å². The van der Waals surface area contributed by atoms with E-state index in [9.17, 15) is 14.5 Å². The summed E-state index contributed by atoms with van der Waals surface area (Å²) in [4.78, 5) is 10.9. The molecule has 2 aromatic carbocycles. The second-order valence-electron chi connectivity index (χ2n) is 6.01. The van der Waals surface area contributed by atoms with E-state index in [1.54, 1.807) is 18.2 Å². The normalized spacial score (nSPS) is 11.2. The highest BCUT2D eigenvalue weighted by Crippen LogP contribution is 2.40. The lowest BCUT2D eigenvalue weighted by Crippen LogP contribution is -2.07. The Balaban J connectivity index is 2.24. The van der Waals surface area contributed by atoms with Crippen LogP contribution in [0.3, 0.4) is 0 Å². The molecule has 25 heavy (non-hydrogen) atoms. The van der Waals surface area contributed by atoms with Crippen LogP contribution in [0.15, 0.2) is 40.8 Å². The van der Waals surface area contributed by atoms with Crippen molar-refractivity contribution in [3.05, 3.63) is 57.9 Å². The summed E-state index contributed by atoms with van der Waals surface area (Å²) in [5.41, 5.74) is 1.91. The third-order valence-corrected chi connectivity index (χ3v) is 3.89. The van der Waals surface area contributed by atoms with Crippen LogP contribution in [0.5, 0.6) is 5.75 Å². The largest absolute Gasteiger partial charge is 0.484 e. The van der Waals surface area contributed by atoms with Crippen LogP contribution in [0, 0.1) is 15.9 Å². The average Bonchev–Trinajstić information content (AvgIpc) is 2.91. The highest BCUT2D eigenvalue weighted by atomic mass is 19.1. The Kier molecular flexibility index (Phi) is 4.44. The van der Waals surface area contributed by atoms with E-state index in [4.69, 9.17) is 9.15 Å². The van der Waals surface area contributed by atoms with E-state index in [1.165, 1.54) is 18.2 Å². The van der Waals surface area contributed by atoms with E-state index in [0.717, 1.165) is 16.5 Å². The topological polar surface area (TPSA) is 65.5 Å². The van der Waals surface area contributed by atoms with Gasteiger partial charge in [-0.15, -0.1) is 0 Å². The molecule has 3 aromatic rings. The van der Waals surface area contributed by atoms with Gasteiger partial charge in [-0.3, -0.25) is 10.1 Å². The lowest BCUT2D eigenvalue weighted by atomic mass is 10.0. The zero-order chi connectivity index (χ0) is 18.1. The maximum atomic E-state index is 13.2. The lowest BCUT2D eigenvalue weighted by Gasteiger charge is -2.10. The minimum Gasteiger partial charge on any atom is -0.484 e. The molecule has 1 aromatic heterocycles. The maximum Gasteiger partial charge on any atom is 0.314 e. The van der Waals surface area contributed by atoms with E-state index in [0.29, 0.717) is 17.8 Å². The van der Waals surface area contributed by atoms with Gasteiger partial charge < -0.3 is 9.15 Å². The molecule has 0 aliphatic rings. The Hall–Kier alpha value is -2.89. The van der Waals surface area contributed by atoms with Crippen molar-refractivity contribution in [3.63, 3.8) is 0 Å². The summed E-state index contributed by atoms with van der Waals surface area (Å²) < 4.78 is 24.7. The first-order valence-electron chi connectivity index (χ1n) is 8.07. The highest BCUT2D eigenvalue weighted by molar-refractivity contribution is 5.91. The Morgan fingerprint density at radius 2 is 1.92 bits per heavy atom. The summed E-state index contributed by atoms with van der Waals surface area (Å²) in [7, 11) is 0. The van der Waals surface area contributed by atoms with Gasteiger partial charge in [0.05, 0.1) is 17.1 Å². The molecular formula is C19H18FNO4. The molecule has 0 saturated heterocycles. The molecular weight excluding hydrogens is 325 g/mol. The van der Waals surface area contributed by atoms with Crippen molar-refractivity contribution < 1.29 is 18.5 Å². The number of nitro groups is 1. The molecule has 0 amide bonds. The molecule has 0 radical (unpaired) electrons. The number of ether oxygens (including phenoxy) is 1. The fourth-order valence-electron chi connectivity index (χ4n) is 2.84. The fourth-order valence-corrected chi connectivity index (χ4v) is 2.84. The number of fused-ring (bicyclic) bond motifs is 1. The van der Waals surface area contributed by atoms with Gasteiger partial charge in [0.15, 0.2) is 5.75 Å². The first kappa shape index (κ1) is 17.0. The zero-order valence-electron chi connectivity index (χ0n) is 14.2. The summed E-state index contributed by atoms with van der Waals surface area (Å²) in [6, 6.07) is 9.02. The average molecular weight is 343 g/mol. The predicted octanol–water partition coefficient (Wildman–Crippen LogP) is 5.50. The van der Waals surface area contributed by atoms with Crippen LogP contribution in [0.2, 0.25) is 0 Å². The second kappa shape index (κ2) is 6.55. The van der Waals surface area contributed by atoms with E-state index >= 15 is 0 Å². The third kappa shape index (κ3) is 3.20. The number of nitrogens with zero attached hydrogens (tertiary/aromatic N) is 1. The van der Waals surface area contributed by atoms with Gasteiger partial charge in [-0.1, -0.05) is 6.92 Å².